The Morgan fingerprint density at radius 3 is 2.08 bits per heavy atom. The number of piperazine rings is 1. The average molecular weight is 676 g/mol. The number of carbonyl (C=O) groups excluding carboxylic acids is 2. The van der Waals surface area contributed by atoms with Gasteiger partial charge < -0.3 is 24.8 Å². The number of non-ortho nitro benzene ring substituents is 1. The zero-order valence-corrected chi connectivity index (χ0v) is 27.5. The lowest BCUT2D eigenvalue weighted by Gasteiger charge is -2.41. The molecular formula is C36H45N5O8. The largest absolute Gasteiger partial charge is 0.392 e. The van der Waals surface area contributed by atoms with Crippen LogP contribution in [0, 0.1) is 10.1 Å². The molecule has 4 N–H and O–H groups in total. The van der Waals surface area contributed by atoms with Gasteiger partial charge in [0.25, 0.3) is 5.69 Å². The van der Waals surface area contributed by atoms with Crippen molar-refractivity contribution in [3.8, 4) is 0 Å². The molecular weight excluding hydrogens is 630 g/mol. The predicted molar refractivity (Wildman–Crippen MR) is 181 cm³/mol. The van der Waals surface area contributed by atoms with Crippen molar-refractivity contribution in [3.63, 3.8) is 0 Å². The molecule has 262 valence electrons. The van der Waals surface area contributed by atoms with Crippen LogP contribution in [0.4, 0.5) is 11.4 Å². The Morgan fingerprint density at radius 2 is 1.45 bits per heavy atom. The first-order chi connectivity index (χ1) is 23.8. The van der Waals surface area contributed by atoms with Crippen molar-refractivity contribution in [1.82, 2.24) is 15.7 Å². The van der Waals surface area contributed by atoms with Crippen molar-refractivity contribution in [1.29, 1.82) is 0 Å². The number of aliphatic hydroxyl groups is 1. The summed E-state index contributed by atoms with van der Waals surface area (Å²) in [6, 6.07) is 22.4. The molecule has 2 aliphatic rings. The number of ether oxygens (including phenoxy) is 2. The highest BCUT2D eigenvalue weighted by molar-refractivity contribution is 5.76. The number of unbranched alkanes of at least 4 members (excludes halogenated alkanes) is 2. The van der Waals surface area contributed by atoms with Gasteiger partial charge in [0.1, 0.15) is 0 Å². The number of aliphatic hydroxyl groups excluding tert-OH is 1. The number of amides is 2. The maximum Gasteiger partial charge on any atom is 0.269 e. The minimum Gasteiger partial charge on any atom is -0.392 e. The van der Waals surface area contributed by atoms with Crippen molar-refractivity contribution in [2.24, 2.45) is 0 Å². The zero-order valence-electron chi connectivity index (χ0n) is 27.5. The highest BCUT2D eigenvalue weighted by Crippen LogP contribution is 2.38. The van der Waals surface area contributed by atoms with E-state index in [1.165, 1.54) is 0 Å². The summed E-state index contributed by atoms with van der Waals surface area (Å²) in [5.41, 5.74) is 6.36. The maximum atomic E-state index is 12.3. The van der Waals surface area contributed by atoms with Crippen LogP contribution in [0.2, 0.25) is 0 Å². The minimum atomic E-state index is -0.584. The Kier molecular flexibility index (Phi) is 13.1. The summed E-state index contributed by atoms with van der Waals surface area (Å²) >= 11 is 0. The molecule has 2 aliphatic heterocycles. The summed E-state index contributed by atoms with van der Waals surface area (Å²) in [5, 5.41) is 32.1. The highest BCUT2D eigenvalue weighted by Gasteiger charge is 2.34. The number of hydroxylamine groups is 1. The third-order valence-electron chi connectivity index (χ3n) is 9.05. The van der Waals surface area contributed by atoms with Crippen LogP contribution in [0.3, 0.4) is 0 Å². The number of nitro groups is 1. The van der Waals surface area contributed by atoms with E-state index < -0.39 is 12.2 Å². The van der Waals surface area contributed by atoms with Gasteiger partial charge in [-0.1, -0.05) is 55.0 Å². The monoisotopic (exact) mass is 675 g/mol. The van der Waals surface area contributed by atoms with Gasteiger partial charge in [0.05, 0.1) is 23.7 Å². The Labute approximate surface area is 285 Å². The molecule has 0 spiro atoms. The molecule has 49 heavy (non-hydrogen) atoms. The summed E-state index contributed by atoms with van der Waals surface area (Å²) in [6.07, 6.45) is 2.41. The molecule has 2 heterocycles. The van der Waals surface area contributed by atoms with Gasteiger partial charge in [0.15, 0.2) is 6.29 Å². The fourth-order valence-electron chi connectivity index (χ4n) is 6.18. The number of anilines is 1. The third kappa shape index (κ3) is 10.5. The van der Waals surface area contributed by atoms with Crippen molar-refractivity contribution < 1.29 is 34.3 Å². The number of carbonyl (C=O) groups is 2. The summed E-state index contributed by atoms with van der Waals surface area (Å²) in [7, 11) is 0. The van der Waals surface area contributed by atoms with Crippen LogP contribution in [-0.4, -0.2) is 70.8 Å². The molecule has 3 aromatic carbocycles. The van der Waals surface area contributed by atoms with E-state index in [1.807, 2.05) is 48.5 Å². The Hall–Kier alpha value is -4.40. The van der Waals surface area contributed by atoms with Crippen LogP contribution in [0.25, 0.3) is 0 Å². The molecule has 2 fully saturated rings. The number of nitrogens with one attached hydrogen (secondary N) is 2. The fourth-order valence-corrected chi connectivity index (χ4v) is 6.18. The van der Waals surface area contributed by atoms with E-state index in [1.54, 1.807) is 29.7 Å². The van der Waals surface area contributed by atoms with Crippen LogP contribution in [0.1, 0.15) is 73.2 Å². The van der Waals surface area contributed by atoms with E-state index in [2.05, 4.69) is 15.1 Å². The molecule has 0 aliphatic carbocycles. The van der Waals surface area contributed by atoms with Gasteiger partial charge in [-0.15, -0.1) is 0 Å². The fraction of sp³-hybridized carbons (Fsp3) is 0.444. The van der Waals surface area contributed by atoms with Crippen molar-refractivity contribution in [2.45, 2.75) is 70.2 Å². The SMILES string of the molecule is O=C(CCCCCC(=O)NCc1ccc(C2OC(CN3CCN(c4ccc([N+](=O)[O-])cc4)CC3)CC(c3ccc(CO)cc3)O2)cc1)NO. The van der Waals surface area contributed by atoms with Gasteiger partial charge in [0, 0.05) is 81.9 Å². The molecule has 3 aromatic rings. The number of hydrogen-bond donors (Lipinski definition) is 4. The standard InChI is InChI=1S/C36H45N5O8/c42-25-27-8-10-28(11-9-27)33-22-32(24-39-18-20-40(21-19-39)30-14-16-31(17-15-30)41(46)47)48-36(49-33)29-12-6-26(7-13-29)23-37-34(43)4-2-1-3-5-35(44)38-45/h6-17,32-33,36,42,45H,1-5,18-25H2,(H,37,43)(H,38,44). The van der Waals surface area contributed by atoms with Crippen LogP contribution in [0.15, 0.2) is 72.8 Å². The molecule has 13 nitrogen and oxygen atoms in total. The first-order valence-electron chi connectivity index (χ1n) is 16.8. The summed E-state index contributed by atoms with van der Waals surface area (Å²) in [5.74, 6) is -0.474. The topological polar surface area (TPSA) is 167 Å². The molecule has 2 amide bonds. The van der Waals surface area contributed by atoms with Crippen LogP contribution in [-0.2, 0) is 32.2 Å². The quantitative estimate of drug-likeness (QED) is 0.0778. The van der Waals surface area contributed by atoms with E-state index in [0.29, 0.717) is 32.2 Å². The number of nitrogens with zero attached hydrogens (tertiary/aromatic N) is 3. The van der Waals surface area contributed by atoms with Gasteiger partial charge in [0.2, 0.25) is 11.8 Å². The Bertz CT molecular complexity index is 1510. The zero-order chi connectivity index (χ0) is 34.6. The molecule has 0 radical (unpaired) electrons. The number of benzene rings is 3. The van der Waals surface area contributed by atoms with Crippen LogP contribution in [0.5, 0.6) is 0 Å². The maximum absolute atomic E-state index is 12.3. The predicted octanol–water partition coefficient (Wildman–Crippen LogP) is 4.53. The Morgan fingerprint density at radius 1 is 0.816 bits per heavy atom. The molecule has 0 aromatic heterocycles. The molecule has 13 heteroatoms. The minimum absolute atomic E-state index is 0.0235. The van der Waals surface area contributed by atoms with E-state index in [9.17, 15) is 24.8 Å². The van der Waals surface area contributed by atoms with Crippen molar-refractivity contribution >= 4 is 23.2 Å². The second-order valence-electron chi connectivity index (χ2n) is 12.5. The van der Waals surface area contributed by atoms with Crippen LogP contribution < -0.4 is 15.7 Å². The van der Waals surface area contributed by atoms with E-state index >= 15 is 0 Å². The lowest BCUT2D eigenvalue weighted by atomic mass is 9.99. The Balaban J connectivity index is 1.16. The first-order valence-corrected chi connectivity index (χ1v) is 16.8. The van der Waals surface area contributed by atoms with Crippen molar-refractivity contribution in [2.75, 3.05) is 37.6 Å². The number of rotatable bonds is 15. The lowest BCUT2D eigenvalue weighted by Crippen LogP contribution is -2.49. The molecule has 2 saturated heterocycles. The first kappa shape index (κ1) is 35.9. The molecule has 3 atom stereocenters. The lowest BCUT2D eigenvalue weighted by molar-refractivity contribution is -0.384. The molecule has 3 unspecified atom stereocenters. The summed E-state index contributed by atoms with van der Waals surface area (Å²) in [4.78, 5) is 38.7. The van der Waals surface area contributed by atoms with Gasteiger partial charge in [-0.3, -0.25) is 29.8 Å². The summed E-state index contributed by atoms with van der Waals surface area (Å²) < 4.78 is 13.1. The molecule has 5 rings (SSSR count). The van der Waals surface area contributed by atoms with Crippen molar-refractivity contribution in [3.05, 3.63) is 105 Å². The van der Waals surface area contributed by atoms with E-state index in [0.717, 1.165) is 67.1 Å². The second kappa shape index (κ2) is 17.8. The van der Waals surface area contributed by atoms with Gasteiger partial charge in [-0.2, -0.15) is 0 Å². The highest BCUT2D eigenvalue weighted by atomic mass is 16.7. The number of hydrogen-bond acceptors (Lipinski definition) is 10. The van der Waals surface area contributed by atoms with Gasteiger partial charge in [-0.25, -0.2) is 5.48 Å². The molecule has 0 bridgehead atoms. The third-order valence-corrected chi connectivity index (χ3v) is 9.05. The van der Waals surface area contributed by atoms with Gasteiger partial charge in [-0.05, 0) is 41.7 Å². The smallest absolute Gasteiger partial charge is 0.269 e. The number of nitro benzene ring substituents is 1. The summed E-state index contributed by atoms with van der Waals surface area (Å²) in [6.45, 7) is 4.38. The van der Waals surface area contributed by atoms with Crippen LogP contribution >= 0.6 is 0 Å². The van der Waals surface area contributed by atoms with Gasteiger partial charge >= 0.3 is 0 Å². The van der Waals surface area contributed by atoms with E-state index in [-0.39, 0.29) is 41.8 Å². The molecule has 0 saturated carbocycles. The second-order valence-corrected chi connectivity index (χ2v) is 12.5. The normalized spacial score (nSPS) is 19.7. The average Bonchev–Trinajstić information content (AvgIpc) is 3.14. The van der Waals surface area contributed by atoms with E-state index in [4.69, 9.17) is 14.7 Å².